The number of pyridine rings is 1. The van der Waals surface area contributed by atoms with Crippen molar-refractivity contribution in [1.82, 2.24) is 15.0 Å². The number of ether oxygens (including phenoxy) is 2. The molecule has 0 aliphatic heterocycles. The van der Waals surface area contributed by atoms with Gasteiger partial charge < -0.3 is 19.2 Å². The maximum absolute atomic E-state index is 13.1. The number of carbonyl (C=O) groups excluding carboxylic acids is 2. The Kier molecular flexibility index (Phi) is 9.70. The molecule has 3 rings (SSSR count). The monoisotopic (exact) mass is 577 g/mol. The van der Waals surface area contributed by atoms with Crippen molar-refractivity contribution < 1.29 is 24.3 Å². The molecule has 1 aromatic carbocycles. The number of aromatic nitrogens is 2. The minimum absolute atomic E-state index is 0.00586. The van der Waals surface area contributed by atoms with Crippen LogP contribution in [0, 0.1) is 0 Å². The van der Waals surface area contributed by atoms with Crippen LogP contribution in [0.25, 0.3) is 22.0 Å². The molecule has 0 amide bonds. The normalized spacial score (nSPS) is 12.5. The number of hydrogen-bond acceptors (Lipinski definition) is 7. The fourth-order valence-corrected chi connectivity index (χ4v) is 4.86. The molecule has 0 fully saturated rings. The standard InChI is InChI=1S/C29H37Cl2N3O5/c1-27(2,3)38-25(35)29(33-37,26(36)39-28(4,5)6)15-10-7-11-17-34-18-20(19-12-8-9-13-22(19)34)23-21(30)14-16-32-24(23)31/h8-9,12-14,16,18,33,37H,7,10-11,15,17H2,1-6H3. The van der Waals surface area contributed by atoms with Gasteiger partial charge in [0.15, 0.2) is 0 Å². The SMILES string of the molecule is CC(C)(C)OC(=O)C(CCCCCn1cc(-c2c(Cl)ccnc2Cl)c2ccccc21)(NO)C(=O)OC(C)(C)C. The highest BCUT2D eigenvalue weighted by atomic mass is 35.5. The second-order valence-electron chi connectivity index (χ2n) is 11.5. The van der Waals surface area contributed by atoms with Gasteiger partial charge in [0.05, 0.1) is 5.02 Å². The molecular weight excluding hydrogens is 541 g/mol. The molecule has 8 nitrogen and oxygen atoms in total. The van der Waals surface area contributed by atoms with E-state index in [1.807, 2.05) is 35.9 Å². The highest BCUT2D eigenvalue weighted by Gasteiger charge is 2.51. The first-order chi connectivity index (χ1) is 18.2. The molecule has 0 aliphatic carbocycles. The van der Waals surface area contributed by atoms with Gasteiger partial charge in [0.1, 0.15) is 16.4 Å². The van der Waals surface area contributed by atoms with E-state index in [9.17, 15) is 14.8 Å². The molecule has 3 aromatic rings. The molecule has 0 saturated heterocycles. The maximum Gasteiger partial charge on any atom is 0.340 e. The number of unbranched alkanes of at least 4 members (excludes halogenated alkanes) is 2. The molecule has 0 atom stereocenters. The summed E-state index contributed by atoms with van der Waals surface area (Å²) in [5, 5.41) is 11.9. The molecule has 0 bridgehead atoms. The highest BCUT2D eigenvalue weighted by molar-refractivity contribution is 6.39. The lowest BCUT2D eigenvalue weighted by Gasteiger charge is -2.33. The van der Waals surface area contributed by atoms with Crippen LogP contribution in [0.15, 0.2) is 42.7 Å². The largest absolute Gasteiger partial charge is 0.458 e. The van der Waals surface area contributed by atoms with Crippen molar-refractivity contribution in [3.8, 4) is 11.1 Å². The molecule has 0 radical (unpaired) electrons. The number of benzene rings is 1. The second kappa shape index (κ2) is 12.3. The molecular formula is C29H37Cl2N3O5. The Labute approximate surface area is 239 Å². The molecule has 0 unspecified atom stereocenters. The summed E-state index contributed by atoms with van der Waals surface area (Å²) in [7, 11) is 0. The third-order valence-corrected chi connectivity index (χ3v) is 6.65. The topological polar surface area (TPSA) is 103 Å². The number of halogens is 2. The number of fused-ring (bicyclic) bond motifs is 1. The molecule has 2 heterocycles. The molecule has 2 aromatic heterocycles. The Balaban J connectivity index is 1.76. The van der Waals surface area contributed by atoms with E-state index in [0.717, 1.165) is 22.9 Å². The average Bonchev–Trinajstić information content (AvgIpc) is 3.17. The van der Waals surface area contributed by atoms with Gasteiger partial charge in [-0.15, -0.1) is 0 Å². The van der Waals surface area contributed by atoms with Crippen LogP contribution in [0.4, 0.5) is 0 Å². The fraction of sp³-hybridized carbons (Fsp3) is 0.483. The number of hydroxylamine groups is 1. The third-order valence-electron chi connectivity index (χ3n) is 6.05. The fourth-order valence-electron chi connectivity index (χ4n) is 4.30. The first-order valence-corrected chi connectivity index (χ1v) is 13.7. The minimum Gasteiger partial charge on any atom is -0.458 e. The van der Waals surface area contributed by atoms with E-state index in [4.69, 9.17) is 32.7 Å². The lowest BCUT2D eigenvalue weighted by Crippen LogP contribution is -2.60. The van der Waals surface area contributed by atoms with Crippen molar-refractivity contribution in [2.24, 2.45) is 0 Å². The van der Waals surface area contributed by atoms with E-state index in [-0.39, 0.29) is 6.42 Å². The zero-order chi connectivity index (χ0) is 29.0. The van der Waals surface area contributed by atoms with E-state index in [1.54, 1.807) is 53.8 Å². The molecule has 2 N–H and O–H groups in total. The van der Waals surface area contributed by atoms with Crippen LogP contribution >= 0.6 is 23.2 Å². The van der Waals surface area contributed by atoms with E-state index in [2.05, 4.69) is 9.55 Å². The molecule has 10 heteroatoms. The average molecular weight is 579 g/mol. The highest BCUT2D eigenvalue weighted by Crippen LogP contribution is 2.38. The summed E-state index contributed by atoms with van der Waals surface area (Å²) in [5.41, 5.74) is 0.814. The van der Waals surface area contributed by atoms with Gasteiger partial charge in [0, 0.05) is 41.0 Å². The Hall–Kier alpha value is -2.65. The Morgan fingerprint density at radius 3 is 2.13 bits per heavy atom. The summed E-state index contributed by atoms with van der Waals surface area (Å²) in [6.07, 6.45) is 5.47. The second-order valence-corrected chi connectivity index (χ2v) is 12.3. The summed E-state index contributed by atoms with van der Waals surface area (Å²) in [5.74, 6) is -1.75. The third kappa shape index (κ3) is 7.51. The van der Waals surface area contributed by atoms with Crippen LogP contribution in [0.5, 0.6) is 0 Å². The lowest BCUT2D eigenvalue weighted by atomic mass is 9.92. The zero-order valence-electron chi connectivity index (χ0n) is 23.3. The summed E-state index contributed by atoms with van der Waals surface area (Å²) in [4.78, 5) is 30.4. The van der Waals surface area contributed by atoms with Gasteiger partial charge in [-0.3, -0.25) is 0 Å². The zero-order valence-corrected chi connectivity index (χ0v) is 24.8. The van der Waals surface area contributed by atoms with Crippen LogP contribution in [-0.4, -0.2) is 43.4 Å². The predicted octanol–water partition coefficient (Wildman–Crippen LogP) is 6.97. The van der Waals surface area contributed by atoms with Gasteiger partial charge in [-0.25, -0.2) is 14.6 Å². The van der Waals surface area contributed by atoms with Crippen molar-refractivity contribution in [2.75, 3.05) is 0 Å². The van der Waals surface area contributed by atoms with Crippen LogP contribution in [0.3, 0.4) is 0 Å². The number of rotatable bonds is 10. The van der Waals surface area contributed by atoms with Crippen molar-refractivity contribution in [1.29, 1.82) is 0 Å². The molecule has 39 heavy (non-hydrogen) atoms. The molecule has 212 valence electrons. The van der Waals surface area contributed by atoms with Gasteiger partial charge in [-0.1, -0.05) is 54.2 Å². The van der Waals surface area contributed by atoms with Gasteiger partial charge in [-0.2, -0.15) is 5.48 Å². The predicted molar refractivity (Wildman–Crippen MR) is 153 cm³/mol. The Bertz CT molecular complexity index is 1280. The number of para-hydroxylation sites is 1. The van der Waals surface area contributed by atoms with Crippen LogP contribution in [0.2, 0.25) is 10.2 Å². The van der Waals surface area contributed by atoms with Gasteiger partial charge in [0.25, 0.3) is 0 Å². The summed E-state index contributed by atoms with van der Waals surface area (Å²) < 4.78 is 13.1. The van der Waals surface area contributed by atoms with E-state index < -0.39 is 28.7 Å². The van der Waals surface area contributed by atoms with Crippen molar-refractivity contribution >= 4 is 46.0 Å². The summed E-state index contributed by atoms with van der Waals surface area (Å²) in [6.45, 7) is 10.9. The van der Waals surface area contributed by atoms with E-state index >= 15 is 0 Å². The number of nitrogens with zero attached hydrogens (tertiary/aromatic N) is 2. The van der Waals surface area contributed by atoms with Gasteiger partial charge in [0.2, 0.25) is 5.54 Å². The van der Waals surface area contributed by atoms with Crippen molar-refractivity contribution in [3.63, 3.8) is 0 Å². The van der Waals surface area contributed by atoms with E-state index in [1.165, 1.54) is 0 Å². The van der Waals surface area contributed by atoms with Crippen LogP contribution in [-0.2, 0) is 25.6 Å². The summed E-state index contributed by atoms with van der Waals surface area (Å²) >= 11 is 12.9. The van der Waals surface area contributed by atoms with Crippen molar-refractivity contribution in [2.45, 2.75) is 90.5 Å². The number of carbonyl (C=O) groups is 2. The van der Waals surface area contributed by atoms with Crippen LogP contribution < -0.4 is 5.48 Å². The maximum atomic E-state index is 13.1. The van der Waals surface area contributed by atoms with Gasteiger partial charge in [-0.05, 0) is 66.5 Å². The minimum atomic E-state index is -2.03. The quantitative estimate of drug-likeness (QED) is 0.0881. The molecule has 0 aliphatic rings. The Morgan fingerprint density at radius 1 is 0.949 bits per heavy atom. The smallest absolute Gasteiger partial charge is 0.340 e. The number of esters is 2. The first-order valence-electron chi connectivity index (χ1n) is 12.9. The molecule has 0 saturated carbocycles. The van der Waals surface area contributed by atoms with Crippen LogP contribution in [0.1, 0.15) is 67.2 Å². The lowest BCUT2D eigenvalue weighted by molar-refractivity contribution is -0.186. The Morgan fingerprint density at radius 2 is 1.56 bits per heavy atom. The number of aryl methyl sites for hydroxylation is 1. The number of nitrogens with one attached hydrogen (secondary N) is 1. The van der Waals surface area contributed by atoms with Crippen molar-refractivity contribution in [3.05, 3.63) is 52.9 Å². The van der Waals surface area contributed by atoms with E-state index in [0.29, 0.717) is 35.1 Å². The molecule has 0 spiro atoms. The summed E-state index contributed by atoms with van der Waals surface area (Å²) in [6, 6.07) is 9.69. The number of hydrogen-bond donors (Lipinski definition) is 2. The van der Waals surface area contributed by atoms with Gasteiger partial charge >= 0.3 is 11.9 Å². The first kappa shape index (κ1) is 30.9.